The van der Waals surface area contributed by atoms with Gasteiger partial charge in [0.15, 0.2) is 0 Å². The number of benzene rings is 2. The highest BCUT2D eigenvalue weighted by molar-refractivity contribution is 7.16. The van der Waals surface area contributed by atoms with Gasteiger partial charge in [0.25, 0.3) is 0 Å². The Morgan fingerprint density at radius 1 is 1.15 bits per heavy atom. The van der Waals surface area contributed by atoms with Crippen LogP contribution in [0.25, 0.3) is 21.6 Å². The van der Waals surface area contributed by atoms with Crippen LogP contribution in [0.5, 0.6) is 0 Å². The Balaban J connectivity index is 2.17. The summed E-state index contributed by atoms with van der Waals surface area (Å²) in [6, 6.07) is 13.4. The zero-order valence-corrected chi connectivity index (χ0v) is 15.0. The molecule has 1 heterocycles. The molecule has 0 atom stereocenters. The average Bonchev–Trinajstić information content (AvgIpc) is 3.03. The number of nitriles is 1. The minimum absolute atomic E-state index is 0.00162. The summed E-state index contributed by atoms with van der Waals surface area (Å²) in [5.41, 5.74) is 8.63. The van der Waals surface area contributed by atoms with Gasteiger partial charge in [-0.3, -0.25) is 4.99 Å². The van der Waals surface area contributed by atoms with E-state index in [4.69, 9.17) is 11.0 Å². The van der Waals surface area contributed by atoms with E-state index >= 15 is 0 Å². The first kappa shape index (κ1) is 17.8. The zero-order valence-electron chi connectivity index (χ0n) is 14.2. The molecule has 0 spiro atoms. The second kappa shape index (κ2) is 7.06. The number of anilines is 1. The van der Waals surface area contributed by atoms with Crippen LogP contribution in [0.3, 0.4) is 0 Å². The van der Waals surface area contributed by atoms with Gasteiger partial charge in [0.1, 0.15) is 11.9 Å². The maximum absolute atomic E-state index is 14.0. The number of aliphatic imine (C=N–C) groups is 1. The van der Waals surface area contributed by atoms with E-state index in [1.54, 1.807) is 24.3 Å². The Hall–Kier alpha value is -3.04. The maximum Gasteiger partial charge on any atom is 0.217 e. The van der Waals surface area contributed by atoms with Gasteiger partial charge in [-0.05, 0) is 48.4 Å². The van der Waals surface area contributed by atoms with Crippen molar-refractivity contribution in [2.75, 3.05) is 12.8 Å². The lowest BCUT2D eigenvalue weighted by atomic mass is 9.99. The van der Waals surface area contributed by atoms with E-state index in [1.165, 1.54) is 30.5 Å². The van der Waals surface area contributed by atoms with Crippen molar-refractivity contribution in [3.8, 4) is 27.6 Å². The quantitative estimate of drug-likeness (QED) is 0.502. The predicted molar refractivity (Wildman–Crippen MR) is 103 cm³/mol. The van der Waals surface area contributed by atoms with Gasteiger partial charge >= 0.3 is 0 Å². The molecule has 1 aromatic heterocycles. The van der Waals surface area contributed by atoms with E-state index < -0.39 is 11.8 Å². The summed E-state index contributed by atoms with van der Waals surface area (Å²) >= 11 is 1.52. The molecule has 0 bridgehead atoms. The first-order valence-corrected chi connectivity index (χ1v) is 8.59. The summed E-state index contributed by atoms with van der Waals surface area (Å²) in [4.78, 5) is 5.47. The molecule has 0 amide bonds. The molecule has 0 saturated carbocycles. The molecule has 3 nitrogen and oxygen atoms in total. The van der Waals surface area contributed by atoms with Crippen LogP contribution in [0, 0.1) is 24.1 Å². The van der Waals surface area contributed by atoms with Crippen molar-refractivity contribution >= 4 is 23.0 Å². The smallest absolute Gasteiger partial charge is 0.217 e. The minimum Gasteiger partial charge on any atom is -0.398 e. The number of aryl methyl sites for hydroxylation is 1. The van der Waals surface area contributed by atoms with Crippen molar-refractivity contribution in [3.05, 3.63) is 64.3 Å². The number of nitrogens with zero attached hydrogens (tertiary/aromatic N) is 2. The van der Waals surface area contributed by atoms with Crippen LogP contribution >= 0.6 is 11.3 Å². The fourth-order valence-electron chi connectivity index (χ4n) is 2.71. The fourth-order valence-corrected chi connectivity index (χ4v) is 3.74. The van der Waals surface area contributed by atoms with E-state index in [-0.39, 0.29) is 11.1 Å². The Kier molecular flexibility index (Phi) is 4.83. The number of thiophene rings is 1. The first-order valence-electron chi connectivity index (χ1n) is 7.77. The van der Waals surface area contributed by atoms with Crippen LogP contribution in [0.1, 0.15) is 16.0 Å². The molecule has 0 radical (unpaired) electrons. The molecule has 2 aromatic carbocycles. The van der Waals surface area contributed by atoms with Gasteiger partial charge in [-0.2, -0.15) is 9.65 Å². The molecule has 0 aliphatic carbocycles. The lowest BCUT2D eigenvalue weighted by Crippen LogP contribution is -1.99. The van der Waals surface area contributed by atoms with E-state index in [9.17, 15) is 8.78 Å². The van der Waals surface area contributed by atoms with E-state index in [0.29, 0.717) is 11.3 Å². The normalized spacial score (nSPS) is 11.4. The van der Waals surface area contributed by atoms with E-state index in [0.717, 1.165) is 20.9 Å². The monoisotopic (exact) mass is 367 g/mol. The molecular weight excluding hydrogens is 352 g/mol. The van der Waals surface area contributed by atoms with Gasteiger partial charge in [-0.15, -0.1) is 11.3 Å². The molecule has 0 aliphatic heterocycles. The molecule has 6 heteroatoms. The molecule has 0 aliphatic rings. The van der Waals surface area contributed by atoms with Gasteiger partial charge in [-0.1, -0.05) is 12.1 Å². The SMILES string of the molecule is CN=C(F)c1cc(-c2sc(C)cc2-c2ccc(C#N)c(F)c2)ccc1N. The maximum atomic E-state index is 14.0. The Morgan fingerprint density at radius 3 is 2.54 bits per heavy atom. The van der Waals surface area contributed by atoms with Gasteiger partial charge in [0.2, 0.25) is 5.97 Å². The van der Waals surface area contributed by atoms with Gasteiger partial charge in [-0.25, -0.2) is 4.39 Å². The summed E-state index contributed by atoms with van der Waals surface area (Å²) in [6.07, 6.45) is 0. The van der Waals surface area contributed by atoms with Crippen LogP contribution in [0.4, 0.5) is 14.5 Å². The largest absolute Gasteiger partial charge is 0.398 e. The number of hydrogen-bond acceptors (Lipinski definition) is 4. The third kappa shape index (κ3) is 3.22. The third-order valence-electron chi connectivity index (χ3n) is 3.99. The Bertz CT molecular complexity index is 1060. The summed E-state index contributed by atoms with van der Waals surface area (Å²) < 4.78 is 28.0. The summed E-state index contributed by atoms with van der Waals surface area (Å²) in [7, 11) is 1.36. The van der Waals surface area contributed by atoms with Gasteiger partial charge in [0, 0.05) is 28.1 Å². The Labute approximate surface area is 154 Å². The van der Waals surface area contributed by atoms with Crippen molar-refractivity contribution < 1.29 is 8.78 Å². The molecule has 0 fully saturated rings. The van der Waals surface area contributed by atoms with Crippen molar-refractivity contribution in [2.45, 2.75) is 6.92 Å². The van der Waals surface area contributed by atoms with Crippen molar-refractivity contribution in [2.24, 2.45) is 4.99 Å². The first-order chi connectivity index (χ1) is 12.4. The fraction of sp³-hybridized carbons (Fsp3) is 0.100. The highest BCUT2D eigenvalue weighted by Crippen LogP contribution is 2.40. The Morgan fingerprint density at radius 2 is 1.88 bits per heavy atom. The van der Waals surface area contributed by atoms with Crippen LogP contribution < -0.4 is 5.73 Å². The highest BCUT2D eigenvalue weighted by Gasteiger charge is 2.16. The molecule has 3 aromatic rings. The number of rotatable bonds is 3. The van der Waals surface area contributed by atoms with Crippen molar-refractivity contribution in [3.63, 3.8) is 0 Å². The second-order valence-electron chi connectivity index (χ2n) is 5.72. The second-order valence-corrected chi connectivity index (χ2v) is 6.98. The van der Waals surface area contributed by atoms with Crippen LogP contribution in [0.15, 0.2) is 47.5 Å². The molecule has 0 unspecified atom stereocenters. The summed E-state index contributed by atoms with van der Waals surface area (Å²) in [5.74, 6) is -1.20. The number of nitrogen functional groups attached to an aromatic ring is 1. The third-order valence-corrected chi connectivity index (χ3v) is 5.09. The lowest BCUT2D eigenvalue weighted by molar-refractivity contribution is 0.624. The van der Waals surface area contributed by atoms with Gasteiger partial charge < -0.3 is 5.73 Å². The highest BCUT2D eigenvalue weighted by atomic mass is 32.1. The van der Waals surface area contributed by atoms with Gasteiger partial charge in [0.05, 0.1) is 11.1 Å². The summed E-state index contributed by atoms with van der Waals surface area (Å²) in [5, 5.41) is 8.90. The summed E-state index contributed by atoms with van der Waals surface area (Å²) in [6.45, 7) is 1.95. The molecular formula is C20H15F2N3S. The average molecular weight is 367 g/mol. The number of hydrogen-bond donors (Lipinski definition) is 1. The lowest BCUT2D eigenvalue weighted by Gasteiger charge is -2.08. The van der Waals surface area contributed by atoms with Crippen molar-refractivity contribution in [1.29, 1.82) is 5.26 Å². The number of nitrogens with two attached hydrogens (primary N) is 1. The topological polar surface area (TPSA) is 62.2 Å². The van der Waals surface area contributed by atoms with Crippen LogP contribution in [0.2, 0.25) is 0 Å². The molecule has 2 N–H and O–H groups in total. The van der Waals surface area contributed by atoms with Crippen LogP contribution in [-0.4, -0.2) is 13.0 Å². The van der Waals surface area contributed by atoms with Crippen molar-refractivity contribution in [1.82, 2.24) is 0 Å². The molecule has 3 rings (SSSR count). The number of halogens is 2. The van der Waals surface area contributed by atoms with E-state index in [2.05, 4.69) is 4.99 Å². The van der Waals surface area contributed by atoms with Crippen LogP contribution in [-0.2, 0) is 0 Å². The van der Waals surface area contributed by atoms with E-state index in [1.807, 2.05) is 19.1 Å². The molecule has 130 valence electrons. The standard InChI is InChI=1S/C20H15F2N3S/c1-11-7-15(12-3-4-14(10-23)17(21)9-12)19(26-11)13-5-6-18(24)16(8-13)20(22)25-2/h3-9H,24H2,1-2H3. The molecule has 0 saturated heterocycles. The zero-order chi connectivity index (χ0) is 18.8. The predicted octanol–water partition coefficient (Wildman–Crippen LogP) is 5.33. The minimum atomic E-state index is -0.636. The molecule has 26 heavy (non-hydrogen) atoms.